The van der Waals surface area contributed by atoms with Crippen molar-refractivity contribution in [3.63, 3.8) is 0 Å². The van der Waals surface area contributed by atoms with Gasteiger partial charge in [-0.3, -0.25) is 18.8 Å². The molecule has 2 amide bonds. The average Bonchev–Trinajstić information content (AvgIpc) is 3.26. The van der Waals surface area contributed by atoms with Crippen molar-refractivity contribution < 1.29 is 66.4 Å². The number of nitrogens with one attached hydrogen (secondary N) is 1. The number of ether oxygens (including phenoxy) is 4. The molecule has 2 saturated heterocycles. The van der Waals surface area contributed by atoms with E-state index in [2.05, 4.69) is 10.3 Å². The molecule has 0 spiro atoms. The second kappa shape index (κ2) is 19.7. The number of hydrogen-bond donors (Lipinski definition) is 4. The van der Waals surface area contributed by atoms with Crippen LogP contribution in [-0.4, -0.2) is 98.9 Å². The van der Waals surface area contributed by atoms with Crippen molar-refractivity contribution in [1.29, 1.82) is 0 Å². The minimum absolute atomic E-state index is 0.00569. The minimum atomic E-state index is -4.35. The summed E-state index contributed by atoms with van der Waals surface area (Å²) in [6.45, 7) is 3.15. The van der Waals surface area contributed by atoms with Crippen LogP contribution >= 0.6 is 7.82 Å². The topological polar surface area (TPSA) is 205 Å². The smallest absolute Gasteiger partial charge is 0.445 e. The lowest BCUT2D eigenvalue weighted by Gasteiger charge is -2.58. The quantitative estimate of drug-likeness (QED) is 0.114. The zero-order valence-electron chi connectivity index (χ0n) is 34.4. The number of likely N-dealkylation sites (N-methyl/N-ethyl adjacent to an activating group) is 1. The third-order valence-corrected chi connectivity index (χ3v) is 12.6. The summed E-state index contributed by atoms with van der Waals surface area (Å²) in [5.74, 6) is -5.17. The van der Waals surface area contributed by atoms with E-state index < -0.39 is 92.7 Å². The van der Waals surface area contributed by atoms with Crippen LogP contribution in [0.25, 0.3) is 0 Å². The van der Waals surface area contributed by atoms with Crippen molar-refractivity contribution in [2.24, 2.45) is 5.92 Å². The molecule has 0 radical (unpaired) electrons. The largest absolute Gasteiger partial charge is 0.530 e. The van der Waals surface area contributed by atoms with Crippen LogP contribution in [0.4, 0.5) is 9.18 Å². The first-order chi connectivity index (χ1) is 29.8. The third-order valence-electron chi connectivity index (χ3n) is 11.2. The Bertz CT molecular complexity index is 2130. The van der Waals surface area contributed by atoms with Gasteiger partial charge in [-0.1, -0.05) is 97.9 Å². The second-order valence-corrected chi connectivity index (χ2v) is 17.2. The molecule has 1 aliphatic carbocycles. The fourth-order valence-corrected chi connectivity index (χ4v) is 9.12. The molecule has 3 heterocycles. The molecule has 16 nitrogen and oxygen atoms in total. The monoisotopic (exact) mass is 879 g/mol. The van der Waals surface area contributed by atoms with Gasteiger partial charge in [0.25, 0.3) is 0 Å². The van der Waals surface area contributed by atoms with E-state index in [1.54, 1.807) is 86.6 Å². The number of carbonyl (C=O) groups is 2. The zero-order valence-corrected chi connectivity index (χ0v) is 35.3. The molecule has 0 unspecified atom stereocenters. The maximum atomic E-state index is 15.6. The predicted octanol–water partition coefficient (Wildman–Crippen LogP) is 5.17. The number of carbonyl (C=O) groups excluding carboxylic acids is 2. The van der Waals surface area contributed by atoms with Crippen molar-refractivity contribution in [3.8, 4) is 5.75 Å². The van der Waals surface area contributed by atoms with Gasteiger partial charge in [0, 0.05) is 19.0 Å². The van der Waals surface area contributed by atoms with Gasteiger partial charge in [0.2, 0.25) is 18.0 Å². The van der Waals surface area contributed by atoms with Crippen LogP contribution < -0.4 is 9.84 Å². The highest BCUT2D eigenvalue weighted by Gasteiger charge is 2.64. The first-order valence-electron chi connectivity index (χ1n) is 20.4. The normalized spacial score (nSPS) is 28.2. The van der Waals surface area contributed by atoms with Crippen LogP contribution in [-0.2, 0) is 63.6 Å². The van der Waals surface area contributed by atoms with E-state index in [0.717, 1.165) is 22.7 Å². The molecule has 62 heavy (non-hydrogen) atoms. The van der Waals surface area contributed by atoms with Crippen molar-refractivity contribution in [3.05, 3.63) is 131 Å². The summed E-state index contributed by atoms with van der Waals surface area (Å²) in [6.07, 6.45) is -7.26. The number of aliphatic hydroxyl groups excluding tert-OH is 2. The van der Waals surface area contributed by atoms with E-state index in [4.69, 9.17) is 32.5 Å². The van der Waals surface area contributed by atoms with Gasteiger partial charge in [-0.05, 0) is 36.5 Å². The minimum Gasteiger partial charge on any atom is -0.445 e. The molecule has 10 atom stereocenters. The van der Waals surface area contributed by atoms with E-state index in [0.29, 0.717) is 17.5 Å². The molecule has 18 heteroatoms. The van der Waals surface area contributed by atoms with Crippen LogP contribution in [0.5, 0.6) is 5.75 Å². The Balaban J connectivity index is 1.04. The Hall–Kier alpha value is -4.81. The third kappa shape index (κ3) is 10.3. The number of hydrogen-bond acceptors (Lipinski definition) is 14. The number of amides is 2. The summed E-state index contributed by atoms with van der Waals surface area (Å²) < 4.78 is 70.3. The molecular formula is C44H51FN3O13P. The van der Waals surface area contributed by atoms with E-state index in [1.807, 2.05) is 18.2 Å². The maximum absolute atomic E-state index is 15.6. The molecule has 3 fully saturated rings. The number of aliphatic hydroxyl groups is 3. The Kier molecular flexibility index (Phi) is 14.4. The van der Waals surface area contributed by atoms with Crippen molar-refractivity contribution in [2.75, 3.05) is 7.05 Å². The molecular weight excluding hydrogens is 828 g/mol. The molecule has 2 aliphatic heterocycles. The molecule has 332 valence electrons. The number of aromatic nitrogens is 1. The molecule has 0 bridgehead atoms. The lowest BCUT2D eigenvalue weighted by Crippen LogP contribution is -2.77. The number of pyridine rings is 1. The number of rotatable bonds is 15. The number of halogens is 1. The highest BCUT2D eigenvalue weighted by atomic mass is 31.2. The summed E-state index contributed by atoms with van der Waals surface area (Å²) in [6, 6.07) is 25.3. The highest BCUT2D eigenvalue weighted by molar-refractivity contribution is 7.48. The standard InChI is InChI=1S/C44H51FN3O13P/c1-4-32-38(50)37(48(3)43(52)55-24-28-14-8-5-9-15-28)40-41(39(32)51)59-42-44(53,60-40)35(20-27(2)58-42)47-36(49)22-34-33(45)21-31(23-46-34)61-62(54,56-25-29-16-10-6-11-17-29)57-26-30-18-12-7-13-19-30/h5-19,21,23,27,32,35,37-42,50-51,53H,4,20,22,24-26H2,1-3H3,(H,47,49)/t27-,32-,35-,37+,38+,39+,40-,41-,42+,44+/m1/s1. The van der Waals surface area contributed by atoms with Crippen LogP contribution in [0.2, 0.25) is 0 Å². The number of phosphoric acid groups is 1. The van der Waals surface area contributed by atoms with Gasteiger partial charge in [-0.15, -0.1) is 0 Å². The Labute approximate surface area is 358 Å². The van der Waals surface area contributed by atoms with Gasteiger partial charge in [-0.2, -0.15) is 0 Å². The van der Waals surface area contributed by atoms with Gasteiger partial charge in [-0.25, -0.2) is 13.8 Å². The Morgan fingerprint density at radius 2 is 1.48 bits per heavy atom. The predicted molar refractivity (Wildman–Crippen MR) is 218 cm³/mol. The van der Waals surface area contributed by atoms with Gasteiger partial charge < -0.3 is 49.0 Å². The maximum Gasteiger partial charge on any atom is 0.530 e. The molecule has 3 aromatic carbocycles. The number of fused-ring (bicyclic) bond motifs is 2. The first-order valence-corrected chi connectivity index (χ1v) is 21.8. The number of benzene rings is 3. The van der Waals surface area contributed by atoms with Crippen LogP contribution in [0, 0.1) is 11.7 Å². The number of phosphoric ester groups is 1. The van der Waals surface area contributed by atoms with Gasteiger partial charge in [0.1, 0.15) is 24.6 Å². The van der Waals surface area contributed by atoms with Crippen molar-refractivity contribution >= 4 is 19.8 Å². The van der Waals surface area contributed by atoms with E-state index in [1.165, 1.54) is 7.05 Å². The zero-order chi connectivity index (χ0) is 44.0. The molecule has 3 aliphatic rings. The fraction of sp³-hybridized carbons (Fsp3) is 0.432. The second-order valence-electron chi connectivity index (χ2n) is 15.6. The molecule has 4 aromatic rings. The molecule has 4 N–H and O–H groups in total. The average molecular weight is 880 g/mol. The van der Waals surface area contributed by atoms with Gasteiger partial charge >= 0.3 is 13.9 Å². The lowest BCUT2D eigenvalue weighted by atomic mass is 9.74. The Morgan fingerprint density at radius 1 is 0.903 bits per heavy atom. The van der Waals surface area contributed by atoms with Crippen molar-refractivity contribution in [1.82, 2.24) is 15.2 Å². The molecule has 7 rings (SSSR count). The molecule has 1 aromatic heterocycles. The van der Waals surface area contributed by atoms with E-state index in [-0.39, 0.29) is 37.7 Å². The van der Waals surface area contributed by atoms with Crippen LogP contribution in [0.3, 0.4) is 0 Å². The molecule has 1 saturated carbocycles. The van der Waals surface area contributed by atoms with Gasteiger partial charge in [0.15, 0.2) is 5.75 Å². The first kappa shape index (κ1) is 45.2. The lowest BCUT2D eigenvalue weighted by molar-refractivity contribution is -0.452. The summed E-state index contributed by atoms with van der Waals surface area (Å²) in [7, 11) is -2.94. The van der Waals surface area contributed by atoms with Crippen LogP contribution in [0.15, 0.2) is 103 Å². The Morgan fingerprint density at radius 3 is 2.05 bits per heavy atom. The fourth-order valence-electron chi connectivity index (χ4n) is 7.97. The van der Waals surface area contributed by atoms with E-state index >= 15 is 4.39 Å². The van der Waals surface area contributed by atoms with E-state index in [9.17, 15) is 29.5 Å². The van der Waals surface area contributed by atoms with Crippen LogP contribution in [0.1, 0.15) is 49.1 Å². The van der Waals surface area contributed by atoms with Gasteiger partial charge in [0.05, 0.1) is 61.9 Å². The SMILES string of the molecule is CC[C@H]1[C@H](O)[C@H]2O[C@@H]3O[C@H](C)C[C@@H](NC(=O)Cc4ncc(OP(=O)(OCc5ccccc5)OCc5ccccc5)cc4F)[C@]3(O)O[C@@H]2[C@@H](N(C)C(=O)OCc2ccccc2)[C@H]1O. The summed E-state index contributed by atoms with van der Waals surface area (Å²) >= 11 is 0. The summed E-state index contributed by atoms with van der Waals surface area (Å²) in [5.41, 5.74) is 1.81. The summed E-state index contributed by atoms with van der Waals surface area (Å²) in [5, 5.41) is 37.9. The highest BCUT2D eigenvalue weighted by Crippen LogP contribution is 2.51. The number of nitrogens with zero attached hydrogens (tertiary/aromatic N) is 2. The summed E-state index contributed by atoms with van der Waals surface area (Å²) in [4.78, 5) is 32.2. The van der Waals surface area contributed by atoms with Crippen molar-refractivity contribution in [2.45, 2.75) is 108 Å².